The van der Waals surface area contributed by atoms with E-state index in [2.05, 4.69) is 29.9 Å². The number of aliphatic hydroxyl groups excluding tert-OH is 3. The van der Waals surface area contributed by atoms with Crippen LogP contribution in [0.4, 0.5) is 0 Å². The third-order valence-corrected chi connectivity index (χ3v) is 5.07. The van der Waals surface area contributed by atoms with Gasteiger partial charge in [0, 0.05) is 6.54 Å². The molecule has 3 heterocycles. The van der Waals surface area contributed by atoms with Gasteiger partial charge in [0.15, 0.2) is 17.4 Å². The maximum atomic E-state index is 12.8. The van der Waals surface area contributed by atoms with Crippen molar-refractivity contribution in [2.45, 2.75) is 64.7 Å². The predicted molar refractivity (Wildman–Crippen MR) is 107 cm³/mol. The number of rotatable bonds is 7. The Morgan fingerprint density at radius 2 is 1.93 bits per heavy atom. The van der Waals surface area contributed by atoms with E-state index in [0.29, 0.717) is 6.54 Å². The van der Waals surface area contributed by atoms with E-state index in [0.717, 1.165) is 12.8 Å². The van der Waals surface area contributed by atoms with Crippen molar-refractivity contribution in [1.29, 1.82) is 0 Å². The standard InChI is InChI=1S/C20H28N4O5/c1-12(2)5-4-6-13(3)7-8-23-10-22-18-15(19(23)28)21-11-24(18)20-17(27)16(26)14(9-25)29-20/h5,7,10-11,14,16-17,20,25-27H,4,6,8-9H2,1-3H3/b13-7-/t14-,16+,17+,20-/m0/s1. The first kappa shape index (κ1) is 21.4. The molecule has 1 fully saturated rings. The number of nitrogens with zero attached hydrogens (tertiary/aromatic N) is 4. The molecule has 0 spiro atoms. The number of hydrogen-bond acceptors (Lipinski definition) is 7. The van der Waals surface area contributed by atoms with Crippen molar-refractivity contribution >= 4 is 11.2 Å². The summed E-state index contributed by atoms with van der Waals surface area (Å²) in [6.07, 6.45) is 4.47. The van der Waals surface area contributed by atoms with Crippen molar-refractivity contribution in [1.82, 2.24) is 19.1 Å². The minimum absolute atomic E-state index is 0.154. The van der Waals surface area contributed by atoms with E-state index in [4.69, 9.17) is 4.74 Å². The largest absolute Gasteiger partial charge is 0.394 e. The van der Waals surface area contributed by atoms with Gasteiger partial charge in [-0.1, -0.05) is 23.3 Å². The Balaban J connectivity index is 1.80. The van der Waals surface area contributed by atoms with Crippen molar-refractivity contribution in [2.75, 3.05) is 6.61 Å². The van der Waals surface area contributed by atoms with Gasteiger partial charge in [0.2, 0.25) is 0 Å². The van der Waals surface area contributed by atoms with Gasteiger partial charge >= 0.3 is 0 Å². The maximum absolute atomic E-state index is 12.8. The van der Waals surface area contributed by atoms with Gasteiger partial charge in [-0.25, -0.2) is 9.97 Å². The van der Waals surface area contributed by atoms with Crippen LogP contribution in [0.5, 0.6) is 0 Å². The van der Waals surface area contributed by atoms with Crippen LogP contribution in [0.3, 0.4) is 0 Å². The second kappa shape index (κ2) is 9.00. The Labute approximate surface area is 168 Å². The summed E-state index contributed by atoms with van der Waals surface area (Å²) in [5.74, 6) is 0. The molecule has 0 bridgehead atoms. The molecule has 0 unspecified atom stereocenters. The Bertz CT molecular complexity index is 973. The van der Waals surface area contributed by atoms with Gasteiger partial charge in [-0.2, -0.15) is 0 Å². The summed E-state index contributed by atoms with van der Waals surface area (Å²) in [6, 6.07) is 0. The zero-order valence-electron chi connectivity index (χ0n) is 16.9. The third kappa shape index (κ3) is 4.48. The normalized spacial score (nSPS) is 25.0. The van der Waals surface area contributed by atoms with Crippen LogP contribution < -0.4 is 5.56 Å². The lowest BCUT2D eigenvalue weighted by molar-refractivity contribution is -0.0511. The van der Waals surface area contributed by atoms with Crippen LogP contribution in [0.2, 0.25) is 0 Å². The van der Waals surface area contributed by atoms with Gasteiger partial charge in [-0.3, -0.25) is 13.9 Å². The zero-order valence-corrected chi connectivity index (χ0v) is 16.9. The highest BCUT2D eigenvalue weighted by Crippen LogP contribution is 2.30. The van der Waals surface area contributed by atoms with Crippen LogP contribution in [0.1, 0.15) is 39.8 Å². The second-order valence-corrected chi connectivity index (χ2v) is 7.63. The minimum atomic E-state index is -1.26. The Morgan fingerprint density at radius 3 is 2.59 bits per heavy atom. The monoisotopic (exact) mass is 404 g/mol. The quantitative estimate of drug-likeness (QED) is 0.586. The Hall–Kier alpha value is -2.33. The summed E-state index contributed by atoms with van der Waals surface area (Å²) in [4.78, 5) is 21.2. The van der Waals surface area contributed by atoms with Crippen molar-refractivity contribution in [3.8, 4) is 0 Å². The van der Waals surface area contributed by atoms with E-state index in [1.807, 2.05) is 13.0 Å². The second-order valence-electron chi connectivity index (χ2n) is 7.63. The molecule has 2 aromatic rings. The molecule has 4 atom stereocenters. The van der Waals surface area contributed by atoms with Gasteiger partial charge in [-0.15, -0.1) is 0 Å². The molecule has 0 radical (unpaired) electrons. The molecular weight excluding hydrogens is 376 g/mol. The topological polar surface area (TPSA) is 123 Å². The molecule has 3 rings (SSSR count). The molecule has 9 nitrogen and oxygen atoms in total. The van der Waals surface area contributed by atoms with E-state index in [1.165, 1.54) is 32.9 Å². The van der Waals surface area contributed by atoms with Crippen molar-refractivity contribution < 1.29 is 20.1 Å². The van der Waals surface area contributed by atoms with Gasteiger partial charge in [0.25, 0.3) is 5.56 Å². The lowest BCUT2D eigenvalue weighted by atomic mass is 10.1. The fourth-order valence-electron chi connectivity index (χ4n) is 3.32. The number of ether oxygens (including phenoxy) is 1. The smallest absolute Gasteiger partial charge is 0.281 e. The summed E-state index contributed by atoms with van der Waals surface area (Å²) in [6.45, 7) is 6.13. The molecule has 0 aliphatic carbocycles. The SMILES string of the molecule is CC(C)=CCC/C(C)=C\Cn1cnc2c(ncn2[C@H]2O[C@@H](CO)[C@@H](O)[C@H]2O)c1=O. The molecule has 3 N–H and O–H groups in total. The fraction of sp³-hybridized carbons (Fsp3) is 0.550. The third-order valence-electron chi connectivity index (χ3n) is 5.07. The summed E-state index contributed by atoms with van der Waals surface area (Å²) >= 11 is 0. The van der Waals surface area contributed by atoms with Crippen LogP contribution in [0, 0.1) is 0 Å². The average Bonchev–Trinajstić information content (AvgIpc) is 3.23. The molecule has 1 aliphatic heterocycles. The van der Waals surface area contributed by atoms with Crippen LogP contribution in [-0.4, -0.2) is 59.3 Å². The lowest BCUT2D eigenvalue weighted by Crippen LogP contribution is -2.33. The van der Waals surface area contributed by atoms with Crippen LogP contribution in [-0.2, 0) is 11.3 Å². The summed E-state index contributed by atoms with van der Waals surface area (Å²) in [5, 5.41) is 29.4. The summed E-state index contributed by atoms with van der Waals surface area (Å²) in [5.41, 5.74) is 2.58. The molecule has 2 aromatic heterocycles. The number of allylic oxidation sites excluding steroid dienone is 4. The van der Waals surface area contributed by atoms with Gasteiger partial charge < -0.3 is 20.1 Å². The van der Waals surface area contributed by atoms with Crippen molar-refractivity contribution in [3.05, 3.63) is 46.3 Å². The molecular formula is C20H28N4O5. The maximum Gasteiger partial charge on any atom is 0.281 e. The van der Waals surface area contributed by atoms with E-state index in [9.17, 15) is 20.1 Å². The first-order valence-electron chi connectivity index (χ1n) is 9.67. The highest BCUT2D eigenvalue weighted by atomic mass is 16.6. The molecule has 158 valence electrons. The Kier molecular flexibility index (Phi) is 6.63. The van der Waals surface area contributed by atoms with Gasteiger partial charge in [0.1, 0.15) is 24.6 Å². The number of hydrogen-bond donors (Lipinski definition) is 3. The molecule has 1 saturated heterocycles. The number of imidazole rings is 1. The van der Waals surface area contributed by atoms with Crippen molar-refractivity contribution in [2.24, 2.45) is 0 Å². The van der Waals surface area contributed by atoms with Gasteiger partial charge in [-0.05, 0) is 33.6 Å². The first-order valence-corrected chi connectivity index (χ1v) is 9.67. The van der Waals surface area contributed by atoms with Crippen LogP contribution in [0.15, 0.2) is 40.7 Å². The highest BCUT2D eigenvalue weighted by Gasteiger charge is 2.44. The summed E-state index contributed by atoms with van der Waals surface area (Å²) < 4.78 is 8.38. The molecule has 0 aromatic carbocycles. The number of aromatic nitrogens is 4. The van der Waals surface area contributed by atoms with E-state index >= 15 is 0 Å². The van der Waals surface area contributed by atoms with Crippen molar-refractivity contribution in [3.63, 3.8) is 0 Å². The number of aliphatic hydroxyl groups is 3. The zero-order chi connectivity index (χ0) is 21.1. The molecule has 0 saturated carbocycles. The van der Waals surface area contributed by atoms with E-state index < -0.39 is 31.1 Å². The first-order chi connectivity index (χ1) is 13.8. The van der Waals surface area contributed by atoms with E-state index in [-0.39, 0.29) is 16.7 Å². The van der Waals surface area contributed by atoms with E-state index in [1.54, 1.807) is 0 Å². The average molecular weight is 404 g/mol. The predicted octanol–water partition coefficient (Wildman–Crippen LogP) is 0.897. The molecule has 1 aliphatic rings. The highest BCUT2D eigenvalue weighted by molar-refractivity contribution is 5.69. The number of fused-ring (bicyclic) bond motifs is 1. The fourth-order valence-corrected chi connectivity index (χ4v) is 3.32. The summed E-state index contributed by atoms with van der Waals surface area (Å²) in [7, 11) is 0. The lowest BCUT2D eigenvalue weighted by Gasteiger charge is -2.16. The van der Waals surface area contributed by atoms with Gasteiger partial charge in [0.05, 0.1) is 12.9 Å². The molecule has 9 heteroatoms. The molecule has 0 amide bonds. The molecule has 29 heavy (non-hydrogen) atoms. The van der Waals surface area contributed by atoms with Crippen LogP contribution in [0.25, 0.3) is 11.2 Å². The Morgan fingerprint density at radius 1 is 1.17 bits per heavy atom. The van der Waals surface area contributed by atoms with Crippen LogP contribution >= 0.6 is 0 Å². The minimum Gasteiger partial charge on any atom is -0.394 e.